The molecular formula is C8H14N2OS2. The van der Waals surface area contributed by atoms with Crippen molar-refractivity contribution in [3.63, 3.8) is 0 Å². The van der Waals surface area contributed by atoms with Gasteiger partial charge in [0.2, 0.25) is 5.91 Å². The lowest BCUT2D eigenvalue weighted by Gasteiger charge is -2.09. The number of hydrogen-bond acceptors (Lipinski definition) is 3. The number of carbonyl (C=O) groups excluding carboxylic acids is 1. The lowest BCUT2D eigenvalue weighted by Crippen LogP contribution is -2.31. The third-order valence-electron chi connectivity index (χ3n) is 1.95. The van der Waals surface area contributed by atoms with Crippen LogP contribution in [-0.2, 0) is 4.79 Å². The first kappa shape index (κ1) is 10.8. The van der Waals surface area contributed by atoms with E-state index in [0.717, 1.165) is 12.3 Å². The number of nitrogens with one attached hydrogen (secondary N) is 1. The first-order chi connectivity index (χ1) is 6.18. The fourth-order valence-electron chi connectivity index (χ4n) is 1.22. The highest BCUT2D eigenvalue weighted by molar-refractivity contribution is 7.99. The Kier molecular flexibility index (Phi) is 4.52. The lowest BCUT2D eigenvalue weighted by atomic mass is 10.1. The summed E-state index contributed by atoms with van der Waals surface area (Å²) in [7, 11) is 0. The van der Waals surface area contributed by atoms with Crippen molar-refractivity contribution in [2.75, 3.05) is 18.1 Å². The van der Waals surface area contributed by atoms with Gasteiger partial charge in [-0.1, -0.05) is 12.2 Å². The van der Waals surface area contributed by atoms with Crippen LogP contribution in [0.3, 0.4) is 0 Å². The Bertz CT molecular complexity index is 202. The zero-order valence-electron chi connectivity index (χ0n) is 7.41. The smallest absolute Gasteiger partial charge is 0.226 e. The van der Waals surface area contributed by atoms with Gasteiger partial charge in [-0.25, -0.2) is 0 Å². The topological polar surface area (TPSA) is 55.1 Å². The Hall–Kier alpha value is -0.290. The first-order valence-corrected chi connectivity index (χ1v) is 5.87. The van der Waals surface area contributed by atoms with E-state index in [9.17, 15) is 4.79 Å². The van der Waals surface area contributed by atoms with E-state index >= 15 is 0 Å². The summed E-state index contributed by atoms with van der Waals surface area (Å²) in [6, 6.07) is 0. The number of thioether (sulfide) groups is 1. The number of carbonyl (C=O) groups is 1. The molecule has 1 amide bonds. The minimum absolute atomic E-state index is 0.0515. The molecule has 13 heavy (non-hydrogen) atoms. The van der Waals surface area contributed by atoms with E-state index < -0.39 is 0 Å². The molecule has 1 fully saturated rings. The van der Waals surface area contributed by atoms with Gasteiger partial charge in [0.15, 0.2) is 0 Å². The van der Waals surface area contributed by atoms with Crippen LogP contribution in [0.15, 0.2) is 0 Å². The number of rotatable bonds is 4. The third-order valence-corrected chi connectivity index (χ3v) is 3.32. The molecule has 1 unspecified atom stereocenters. The molecule has 0 saturated carbocycles. The molecule has 0 aromatic rings. The maximum atomic E-state index is 11.1. The fourth-order valence-corrected chi connectivity index (χ4v) is 2.64. The van der Waals surface area contributed by atoms with Crippen LogP contribution < -0.4 is 11.1 Å². The van der Waals surface area contributed by atoms with Gasteiger partial charge in [0.05, 0.1) is 11.4 Å². The first-order valence-electron chi connectivity index (χ1n) is 4.31. The summed E-state index contributed by atoms with van der Waals surface area (Å²) in [4.78, 5) is 11.4. The SMILES string of the molecule is NC(=S)CC(=O)NCC1CCSC1. The minimum atomic E-state index is -0.0515. The van der Waals surface area contributed by atoms with Crippen molar-refractivity contribution in [3.8, 4) is 0 Å². The van der Waals surface area contributed by atoms with Crippen molar-refractivity contribution in [1.29, 1.82) is 0 Å². The Morgan fingerprint density at radius 3 is 3.00 bits per heavy atom. The average molecular weight is 218 g/mol. The zero-order valence-corrected chi connectivity index (χ0v) is 9.05. The average Bonchev–Trinajstić information content (AvgIpc) is 2.51. The standard InChI is InChI=1S/C8H14N2OS2/c9-7(12)3-8(11)10-4-6-1-2-13-5-6/h6H,1-5H2,(H2,9,12)(H,10,11). The van der Waals surface area contributed by atoms with Crippen molar-refractivity contribution < 1.29 is 4.79 Å². The second kappa shape index (κ2) is 5.44. The van der Waals surface area contributed by atoms with Gasteiger partial charge in [0.1, 0.15) is 0 Å². The highest BCUT2D eigenvalue weighted by Gasteiger charge is 2.15. The molecule has 74 valence electrons. The molecule has 0 radical (unpaired) electrons. The second-order valence-electron chi connectivity index (χ2n) is 3.18. The molecule has 1 rings (SSSR count). The highest BCUT2D eigenvalue weighted by Crippen LogP contribution is 2.22. The Morgan fingerprint density at radius 1 is 1.69 bits per heavy atom. The van der Waals surface area contributed by atoms with Gasteiger partial charge in [-0.2, -0.15) is 11.8 Å². The molecule has 3 nitrogen and oxygen atoms in total. The lowest BCUT2D eigenvalue weighted by molar-refractivity contribution is -0.120. The number of hydrogen-bond donors (Lipinski definition) is 2. The molecule has 0 spiro atoms. The summed E-state index contributed by atoms with van der Waals surface area (Å²) in [5, 5.41) is 2.84. The molecule has 0 aliphatic carbocycles. The fraction of sp³-hybridized carbons (Fsp3) is 0.750. The van der Waals surface area contributed by atoms with E-state index in [1.807, 2.05) is 11.8 Å². The van der Waals surface area contributed by atoms with Crippen LogP contribution in [0.5, 0.6) is 0 Å². The minimum Gasteiger partial charge on any atom is -0.393 e. The molecule has 0 bridgehead atoms. The number of thiocarbonyl (C=S) groups is 1. The van der Waals surface area contributed by atoms with Crippen molar-refractivity contribution in [3.05, 3.63) is 0 Å². The van der Waals surface area contributed by atoms with Crippen LogP contribution in [0.2, 0.25) is 0 Å². The van der Waals surface area contributed by atoms with Gasteiger partial charge in [0.25, 0.3) is 0 Å². The van der Waals surface area contributed by atoms with Gasteiger partial charge in [-0.3, -0.25) is 4.79 Å². The van der Waals surface area contributed by atoms with E-state index in [0.29, 0.717) is 5.92 Å². The molecule has 1 aliphatic heterocycles. The Morgan fingerprint density at radius 2 is 2.46 bits per heavy atom. The molecule has 1 heterocycles. The van der Waals surface area contributed by atoms with Crippen LogP contribution in [0.1, 0.15) is 12.8 Å². The van der Waals surface area contributed by atoms with E-state index in [4.69, 9.17) is 5.73 Å². The molecule has 1 atom stereocenters. The quantitative estimate of drug-likeness (QED) is 0.676. The van der Waals surface area contributed by atoms with Crippen LogP contribution in [0, 0.1) is 5.92 Å². The van der Waals surface area contributed by atoms with Crippen LogP contribution in [0.25, 0.3) is 0 Å². The van der Waals surface area contributed by atoms with Crippen molar-refractivity contribution in [2.45, 2.75) is 12.8 Å². The largest absolute Gasteiger partial charge is 0.393 e. The maximum absolute atomic E-state index is 11.1. The molecule has 5 heteroatoms. The van der Waals surface area contributed by atoms with Crippen LogP contribution >= 0.6 is 24.0 Å². The highest BCUT2D eigenvalue weighted by atomic mass is 32.2. The van der Waals surface area contributed by atoms with Crippen LogP contribution in [0.4, 0.5) is 0 Å². The summed E-state index contributed by atoms with van der Waals surface area (Å²) >= 11 is 6.58. The summed E-state index contributed by atoms with van der Waals surface area (Å²) in [5.74, 6) is 2.97. The monoisotopic (exact) mass is 218 g/mol. The van der Waals surface area contributed by atoms with Gasteiger partial charge < -0.3 is 11.1 Å². The Balaban J connectivity index is 2.10. The van der Waals surface area contributed by atoms with Gasteiger partial charge in [-0.15, -0.1) is 0 Å². The summed E-state index contributed by atoms with van der Waals surface area (Å²) in [6.45, 7) is 0.772. The summed E-state index contributed by atoms with van der Waals surface area (Å²) < 4.78 is 0. The van der Waals surface area contributed by atoms with E-state index in [1.54, 1.807) is 0 Å². The van der Waals surface area contributed by atoms with E-state index in [1.165, 1.54) is 12.2 Å². The van der Waals surface area contributed by atoms with E-state index in [-0.39, 0.29) is 17.3 Å². The second-order valence-corrected chi connectivity index (χ2v) is 4.85. The Labute approximate surface area is 87.8 Å². The third kappa shape index (κ3) is 4.47. The predicted molar refractivity (Wildman–Crippen MR) is 59.8 cm³/mol. The van der Waals surface area contributed by atoms with E-state index in [2.05, 4.69) is 17.5 Å². The number of amides is 1. The maximum Gasteiger partial charge on any atom is 0.226 e. The summed E-state index contributed by atoms with van der Waals surface area (Å²) in [6.07, 6.45) is 1.38. The zero-order chi connectivity index (χ0) is 9.68. The van der Waals surface area contributed by atoms with Crippen molar-refractivity contribution in [2.24, 2.45) is 11.7 Å². The summed E-state index contributed by atoms with van der Waals surface area (Å²) in [5.41, 5.74) is 5.24. The van der Waals surface area contributed by atoms with Crippen molar-refractivity contribution >= 4 is 34.9 Å². The molecule has 1 aliphatic rings. The van der Waals surface area contributed by atoms with Crippen molar-refractivity contribution in [1.82, 2.24) is 5.32 Å². The van der Waals surface area contributed by atoms with Gasteiger partial charge in [0, 0.05) is 6.54 Å². The molecule has 0 aromatic carbocycles. The van der Waals surface area contributed by atoms with Crippen LogP contribution in [-0.4, -0.2) is 28.9 Å². The molecular weight excluding hydrogens is 204 g/mol. The molecule has 1 saturated heterocycles. The number of nitrogens with two attached hydrogens (primary N) is 1. The molecule has 0 aromatic heterocycles. The van der Waals surface area contributed by atoms with Gasteiger partial charge in [-0.05, 0) is 23.8 Å². The predicted octanol–water partition coefficient (Wildman–Crippen LogP) is 0.532. The molecule has 3 N–H and O–H groups in total. The normalized spacial score (nSPS) is 21.4. The van der Waals surface area contributed by atoms with Gasteiger partial charge >= 0.3 is 0 Å².